The monoisotopic (exact) mass is 515 g/mol. The Morgan fingerprint density at radius 1 is 0.973 bits per heavy atom. The van der Waals surface area contributed by atoms with Gasteiger partial charge in [0, 0.05) is 36.7 Å². The molecule has 1 atom stereocenters. The van der Waals surface area contributed by atoms with Crippen LogP contribution in [0.4, 0.5) is 30.8 Å². The number of benzene rings is 1. The van der Waals surface area contributed by atoms with Crippen LogP contribution in [0.5, 0.6) is 0 Å². The molecule has 1 saturated heterocycles. The van der Waals surface area contributed by atoms with E-state index in [1.54, 1.807) is 6.20 Å². The van der Waals surface area contributed by atoms with Crippen LogP contribution in [0.2, 0.25) is 0 Å². The number of anilines is 3. The lowest BCUT2D eigenvalue weighted by Gasteiger charge is -2.30. The van der Waals surface area contributed by atoms with Gasteiger partial charge in [-0.05, 0) is 44.9 Å². The number of hydrogen-bond donors (Lipinski definition) is 3. The fourth-order valence-electron chi connectivity index (χ4n) is 5.14. The van der Waals surface area contributed by atoms with E-state index in [-0.39, 0.29) is 29.9 Å². The fourth-order valence-corrected chi connectivity index (χ4v) is 5.14. The number of nitrogens with zero attached hydrogens (tertiary/aromatic N) is 4. The lowest BCUT2D eigenvalue weighted by Crippen LogP contribution is -2.35. The first kappa shape index (κ1) is 24.0. The summed E-state index contributed by atoms with van der Waals surface area (Å²) in [5, 5.41) is 9.08. The van der Waals surface area contributed by atoms with Crippen LogP contribution in [0.15, 0.2) is 18.3 Å². The Morgan fingerprint density at radius 2 is 1.73 bits per heavy atom. The van der Waals surface area contributed by atoms with Crippen LogP contribution in [-0.2, 0) is 9.53 Å². The molecule has 1 aliphatic heterocycles. The molecule has 37 heavy (non-hydrogen) atoms. The van der Waals surface area contributed by atoms with Gasteiger partial charge < -0.3 is 20.7 Å². The van der Waals surface area contributed by atoms with Crippen LogP contribution in [-0.4, -0.2) is 50.7 Å². The highest BCUT2D eigenvalue weighted by atomic mass is 19.1. The summed E-state index contributed by atoms with van der Waals surface area (Å²) < 4.78 is 49.7. The Bertz CT molecular complexity index is 1290. The van der Waals surface area contributed by atoms with Gasteiger partial charge in [0.05, 0.1) is 18.8 Å². The third-order valence-corrected chi connectivity index (χ3v) is 7.30. The Labute approximate surface area is 211 Å². The number of aromatic nitrogens is 4. The third-order valence-electron chi connectivity index (χ3n) is 7.30. The number of halogens is 3. The van der Waals surface area contributed by atoms with Crippen LogP contribution in [0, 0.1) is 23.4 Å². The summed E-state index contributed by atoms with van der Waals surface area (Å²) in [6.45, 7) is 1.22. The molecular weight excluding hydrogens is 487 g/mol. The lowest BCUT2D eigenvalue weighted by molar-refractivity contribution is -0.126. The van der Waals surface area contributed by atoms with Gasteiger partial charge >= 0.3 is 0 Å². The van der Waals surface area contributed by atoms with Crippen molar-refractivity contribution in [2.45, 2.75) is 63.1 Å². The second-order valence-corrected chi connectivity index (χ2v) is 10.1. The summed E-state index contributed by atoms with van der Waals surface area (Å²) >= 11 is 0. The lowest BCUT2D eigenvalue weighted by atomic mass is 9.85. The van der Waals surface area contributed by atoms with E-state index >= 15 is 0 Å². The van der Waals surface area contributed by atoms with Gasteiger partial charge in [0.1, 0.15) is 17.0 Å². The topological polar surface area (TPSA) is 106 Å². The summed E-state index contributed by atoms with van der Waals surface area (Å²) in [6.07, 6.45) is 7.17. The Kier molecular flexibility index (Phi) is 6.35. The van der Waals surface area contributed by atoms with Crippen molar-refractivity contribution in [1.82, 2.24) is 24.8 Å². The van der Waals surface area contributed by atoms with Gasteiger partial charge in [0.2, 0.25) is 17.8 Å². The summed E-state index contributed by atoms with van der Waals surface area (Å²) in [4.78, 5) is 26.2. The molecule has 2 aliphatic carbocycles. The van der Waals surface area contributed by atoms with Crippen LogP contribution >= 0.6 is 0 Å². The minimum absolute atomic E-state index is 0.0655. The van der Waals surface area contributed by atoms with E-state index < -0.39 is 23.1 Å². The number of fused-ring (bicyclic) bond motifs is 1. The van der Waals surface area contributed by atoms with Gasteiger partial charge in [0.25, 0.3) is 0 Å². The van der Waals surface area contributed by atoms with Crippen molar-refractivity contribution in [3.8, 4) is 0 Å². The predicted octanol–water partition coefficient (Wildman–Crippen LogP) is 4.20. The molecule has 3 aromatic rings. The second-order valence-electron chi connectivity index (χ2n) is 10.1. The zero-order valence-electron chi connectivity index (χ0n) is 20.1. The van der Waals surface area contributed by atoms with Gasteiger partial charge in [-0.2, -0.15) is 4.98 Å². The maximum atomic E-state index is 14.5. The largest absolute Gasteiger partial charge is 0.379 e. The number of nitrogens with one attached hydrogen (secondary N) is 3. The van der Waals surface area contributed by atoms with Crippen LogP contribution in [0.1, 0.15) is 51.0 Å². The summed E-state index contributed by atoms with van der Waals surface area (Å²) in [5.41, 5.74) is 0.463. The molecule has 1 amide bonds. The molecule has 3 fully saturated rings. The normalized spacial score (nSPS) is 23.8. The number of hydrogen-bond acceptors (Lipinski definition) is 7. The summed E-state index contributed by atoms with van der Waals surface area (Å²) in [7, 11) is 0. The molecule has 2 aromatic heterocycles. The van der Waals surface area contributed by atoms with E-state index in [1.165, 1.54) is 0 Å². The summed E-state index contributed by atoms with van der Waals surface area (Å²) in [5.74, 6) is -2.51. The van der Waals surface area contributed by atoms with Crippen molar-refractivity contribution in [1.29, 1.82) is 0 Å². The highest BCUT2D eigenvalue weighted by molar-refractivity contribution is 5.79. The zero-order valence-corrected chi connectivity index (χ0v) is 20.1. The van der Waals surface area contributed by atoms with Crippen molar-refractivity contribution in [2.75, 3.05) is 23.8 Å². The minimum Gasteiger partial charge on any atom is -0.379 e. The molecule has 196 valence electrons. The molecule has 9 nitrogen and oxygen atoms in total. The molecule has 6 rings (SSSR count). The van der Waals surface area contributed by atoms with Gasteiger partial charge in [-0.25, -0.2) is 23.1 Å². The molecule has 3 N–H and O–H groups in total. The molecule has 0 unspecified atom stereocenters. The van der Waals surface area contributed by atoms with Crippen molar-refractivity contribution >= 4 is 34.7 Å². The van der Waals surface area contributed by atoms with E-state index in [4.69, 9.17) is 9.72 Å². The fraction of sp³-hybridized carbons (Fsp3) is 0.520. The standard InChI is InChI=1S/C25H28F3N7O2/c26-14-9-18(27)21(19(28)10-14)33-25-32-20-11-29-24(31-16-7-8-37-12-16)34-22(20)35(25)17-5-1-13(2-6-17)23(36)30-15-3-4-15/h9-11,13,15-17H,1-8,12H2,(H,30,36)(H,32,33)(H,29,31,34)/t13-,16-,17+/m1/s1. The first-order valence-corrected chi connectivity index (χ1v) is 12.8. The molecule has 12 heteroatoms. The summed E-state index contributed by atoms with van der Waals surface area (Å²) in [6, 6.07) is 1.53. The molecule has 3 heterocycles. The number of carbonyl (C=O) groups is 1. The van der Waals surface area contributed by atoms with Crippen molar-refractivity contribution in [2.24, 2.45) is 5.92 Å². The molecule has 0 radical (unpaired) electrons. The highest BCUT2D eigenvalue weighted by Gasteiger charge is 2.33. The van der Waals surface area contributed by atoms with Gasteiger partial charge in [-0.15, -0.1) is 0 Å². The smallest absolute Gasteiger partial charge is 0.225 e. The first-order chi connectivity index (χ1) is 17.9. The average Bonchev–Trinajstić information content (AvgIpc) is 3.40. The maximum absolute atomic E-state index is 14.5. The number of ether oxygens (including phenoxy) is 1. The SMILES string of the molecule is O=C(NC1CC1)[C@H]1CC[C@@H](n2c(Nc3c(F)cc(F)cc3F)nc3cnc(N[C@@H]4CCOC4)nc32)CC1. The average molecular weight is 516 g/mol. The number of imidazole rings is 1. The Balaban J connectivity index is 1.32. The van der Waals surface area contributed by atoms with Gasteiger partial charge in [-0.3, -0.25) is 9.36 Å². The van der Waals surface area contributed by atoms with Gasteiger partial charge in [0.15, 0.2) is 17.3 Å². The van der Waals surface area contributed by atoms with Crippen LogP contribution in [0.3, 0.4) is 0 Å². The van der Waals surface area contributed by atoms with Crippen molar-refractivity contribution in [3.63, 3.8) is 0 Å². The van der Waals surface area contributed by atoms with Crippen LogP contribution < -0.4 is 16.0 Å². The predicted molar refractivity (Wildman–Crippen MR) is 130 cm³/mol. The Hall–Kier alpha value is -3.41. The molecular formula is C25H28F3N7O2. The zero-order chi connectivity index (χ0) is 25.5. The van der Waals surface area contributed by atoms with E-state index in [0.29, 0.717) is 74.2 Å². The maximum Gasteiger partial charge on any atom is 0.225 e. The van der Waals surface area contributed by atoms with E-state index in [0.717, 1.165) is 19.3 Å². The second kappa shape index (κ2) is 9.81. The molecule has 3 aliphatic rings. The van der Waals surface area contributed by atoms with E-state index in [9.17, 15) is 18.0 Å². The van der Waals surface area contributed by atoms with Crippen LogP contribution in [0.25, 0.3) is 11.2 Å². The number of amides is 1. The van der Waals surface area contributed by atoms with Crippen molar-refractivity contribution in [3.05, 3.63) is 35.8 Å². The highest BCUT2D eigenvalue weighted by Crippen LogP contribution is 2.38. The quantitative estimate of drug-likeness (QED) is 0.433. The number of carbonyl (C=O) groups excluding carboxylic acids is 1. The minimum atomic E-state index is -1.06. The molecule has 1 aromatic carbocycles. The third kappa shape index (κ3) is 5.07. The first-order valence-electron chi connectivity index (χ1n) is 12.8. The molecule has 0 bridgehead atoms. The molecule has 0 spiro atoms. The van der Waals surface area contributed by atoms with E-state index in [1.807, 2.05) is 4.57 Å². The Morgan fingerprint density at radius 3 is 2.41 bits per heavy atom. The van der Waals surface area contributed by atoms with Crippen molar-refractivity contribution < 1.29 is 22.7 Å². The molecule has 2 saturated carbocycles. The van der Waals surface area contributed by atoms with Gasteiger partial charge in [-0.1, -0.05) is 0 Å². The van der Waals surface area contributed by atoms with E-state index in [2.05, 4.69) is 25.9 Å². The number of rotatable bonds is 7.